The van der Waals surface area contributed by atoms with E-state index >= 15 is 0 Å². The Kier molecular flexibility index (Phi) is 3.26. The number of carbonyl (C=O) groups excluding carboxylic acids is 1. The van der Waals surface area contributed by atoms with E-state index in [0.29, 0.717) is 6.61 Å². The lowest BCUT2D eigenvalue weighted by Crippen LogP contribution is -2.64. The van der Waals surface area contributed by atoms with Gasteiger partial charge in [0.2, 0.25) is 0 Å². The number of piperazine rings is 1. The molecule has 1 saturated heterocycles. The van der Waals surface area contributed by atoms with Gasteiger partial charge in [0.25, 0.3) is 0 Å². The molecule has 0 unspecified atom stereocenters. The molecule has 0 aromatic carbocycles. The largest absolute Gasteiger partial charge is 0.465 e. The van der Waals surface area contributed by atoms with E-state index in [4.69, 9.17) is 4.74 Å². The van der Waals surface area contributed by atoms with E-state index in [1.54, 1.807) is 0 Å². The quantitative estimate of drug-likeness (QED) is 0.687. The number of carbonyl (C=O) groups is 1. The third-order valence-corrected chi connectivity index (χ3v) is 3.56. The lowest BCUT2D eigenvalue weighted by atomic mass is 9.75. The van der Waals surface area contributed by atoms with Crippen LogP contribution < -0.4 is 5.32 Å². The maximum atomic E-state index is 12.0. The van der Waals surface area contributed by atoms with Gasteiger partial charge in [0.05, 0.1) is 6.61 Å². The monoisotopic (exact) mass is 212 g/mol. The van der Waals surface area contributed by atoms with Crippen molar-refractivity contribution in [2.75, 3.05) is 32.8 Å². The normalized spacial score (nSPS) is 25.7. The fraction of sp³-hybridized carbons (Fsp3) is 0.909. The molecule has 2 rings (SSSR count). The zero-order valence-corrected chi connectivity index (χ0v) is 9.42. The predicted molar refractivity (Wildman–Crippen MR) is 57.7 cm³/mol. The summed E-state index contributed by atoms with van der Waals surface area (Å²) in [6, 6.07) is 0. The molecular weight excluding hydrogens is 192 g/mol. The van der Waals surface area contributed by atoms with Crippen LogP contribution in [0.4, 0.5) is 0 Å². The number of ether oxygens (including phenoxy) is 1. The van der Waals surface area contributed by atoms with Crippen LogP contribution in [0.25, 0.3) is 0 Å². The van der Waals surface area contributed by atoms with E-state index in [9.17, 15) is 4.79 Å². The number of nitrogens with one attached hydrogen (secondary N) is 1. The molecular formula is C11H20N2O2. The molecule has 1 heterocycles. The van der Waals surface area contributed by atoms with Crippen LogP contribution in [-0.2, 0) is 9.53 Å². The summed E-state index contributed by atoms with van der Waals surface area (Å²) in [5, 5.41) is 3.31. The molecule has 2 fully saturated rings. The second-order valence-electron chi connectivity index (χ2n) is 4.34. The van der Waals surface area contributed by atoms with Crippen molar-refractivity contribution < 1.29 is 9.53 Å². The molecule has 1 N–H and O–H groups in total. The summed E-state index contributed by atoms with van der Waals surface area (Å²) < 4.78 is 5.20. The summed E-state index contributed by atoms with van der Waals surface area (Å²) >= 11 is 0. The van der Waals surface area contributed by atoms with Gasteiger partial charge in [-0.2, -0.15) is 0 Å². The fourth-order valence-electron chi connectivity index (χ4n) is 2.52. The number of hydrogen-bond acceptors (Lipinski definition) is 4. The second kappa shape index (κ2) is 4.49. The molecule has 0 atom stereocenters. The van der Waals surface area contributed by atoms with Crippen LogP contribution in [0.5, 0.6) is 0 Å². The van der Waals surface area contributed by atoms with Crippen molar-refractivity contribution >= 4 is 5.97 Å². The Hall–Kier alpha value is -0.610. The highest BCUT2D eigenvalue weighted by atomic mass is 16.5. The van der Waals surface area contributed by atoms with Crippen LogP contribution >= 0.6 is 0 Å². The third-order valence-electron chi connectivity index (χ3n) is 3.56. The van der Waals surface area contributed by atoms with Crippen LogP contribution in [0.2, 0.25) is 0 Å². The van der Waals surface area contributed by atoms with Gasteiger partial charge in [-0.3, -0.25) is 9.69 Å². The number of esters is 1. The number of nitrogens with zero attached hydrogens (tertiary/aromatic N) is 1. The average molecular weight is 212 g/mol. The van der Waals surface area contributed by atoms with Gasteiger partial charge in [0.15, 0.2) is 0 Å². The minimum absolute atomic E-state index is 0.00171. The molecule has 2 aliphatic rings. The van der Waals surface area contributed by atoms with Crippen LogP contribution in [0.1, 0.15) is 26.2 Å². The van der Waals surface area contributed by atoms with E-state index in [0.717, 1.165) is 45.4 Å². The Labute approximate surface area is 91.0 Å². The lowest BCUT2D eigenvalue weighted by Gasteiger charge is -2.49. The van der Waals surface area contributed by atoms with E-state index in [2.05, 4.69) is 10.2 Å². The van der Waals surface area contributed by atoms with Gasteiger partial charge in [0.1, 0.15) is 5.54 Å². The van der Waals surface area contributed by atoms with Gasteiger partial charge in [-0.15, -0.1) is 0 Å². The zero-order chi connectivity index (χ0) is 10.7. The molecule has 4 nitrogen and oxygen atoms in total. The van der Waals surface area contributed by atoms with E-state index in [1.165, 1.54) is 0 Å². The van der Waals surface area contributed by atoms with Crippen molar-refractivity contribution in [3.8, 4) is 0 Å². The Morgan fingerprint density at radius 3 is 2.53 bits per heavy atom. The summed E-state index contributed by atoms with van der Waals surface area (Å²) in [7, 11) is 0. The predicted octanol–water partition coefficient (Wildman–Crippen LogP) is 0.377. The van der Waals surface area contributed by atoms with Gasteiger partial charge < -0.3 is 10.1 Å². The van der Waals surface area contributed by atoms with Crippen molar-refractivity contribution in [1.29, 1.82) is 0 Å². The van der Waals surface area contributed by atoms with Crippen molar-refractivity contribution in [2.45, 2.75) is 31.7 Å². The third kappa shape index (κ3) is 1.88. The molecule has 0 bridgehead atoms. The van der Waals surface area contributed by atoms with Gasteiger partial charge in [-0.05, 0) is 26.2 Å². The van der Waals surface area contributed by atoms with E-state index in [-0.39, 0.29) is 11.5 Å². The van der Waals surface area contributed by atoms with Crippen molar-refractivity contribution in [3.05, 3.63) is 0 Å². The average Bonchev–Trinajstić information content (AvgIpc) is 2.18. The molecule has 4 heteroatoms. The van der Waals surface area contributed by atoms with Crippen LogP contribution in [0, 0.1) is 0 Å². The molecule has 1 aliphatic heterocycles. The van der Waals surface area contributed by atoms with Crippen LogP contribution in [0.3, 0.4) is 0 Å². The SMILES string of the molecule is CCOC(=O)C1(N2CCNCC2)CCC1. The summed E-state index contributed by atoms with van der Waals surface area (Å²) in [5.74, 6) is -0.00171. The van der Waals surface area contributed by atoms with Crippen LogP contribution in [0.15, 0.2) is 0 Å². The second-order valence-corrected chi connectivity index (χ2v) is 4.34. The Morgan fingerprint density at radius 1 is 1.40 bits per heavy atom. The molecule has 0 radical (unpaired) electrons. The highest BCUT2D eigenvalue weighted by Crippen LogP contribution is 2.38. The first-order valence-corrected chi connectivity index (χ1v) is 5.92. The standard InChI is InChI=1S/C11H20N2O2/c1-2-15-10(14)11(4-3-5-11)13-8-6-12-7-9-13/h12H,2-9H2,1H3. The van der Waals surface area contributed by atoms with Crippen LogP contribution in [-0.4, -0.2) is 49.2 Å². The highest BCUT2D eigenvalue weighted by molar-refractivity contribution is 5.82. The highest BCUT2D eigenvalue weighted by Gasteiger charge is 2.50. The Bertz CT molecular complexity index is 233. The maximum Gasteiger partial charge on any atom is 0.326 e. The Morgan fingerprint density at radius 2 is 2.07 bits per heavy atom. The van der Waals surface area contributed by atoms with Gasteiger partial charge in [0, 0.05) is 26.2 Å². The molecule has 0 amide bonds. The van der Waals surface area contributed by atoms with Gasteiger partial charge in [-0.1, -0.05) is 0 Å². The molecule has 86 valence electrons. The Balaban J connectivity index is 2.03. The molecule has 1 aliphatic carbocycles. The van der Waals surface area contributed by atoms with E-state index < -0.39 is 0 Å². The van der Waals surface area contributed by atoms with Crippen molar-refractivity contribution in [1.82, 2.24) is 10.2 Å². The van der Waals surface area contributed by atoms with Gasteiger partial charge in [-0.25, -0.2) is 0 Å². The minimum atomic E-state index is -0.266. The summed E-state index contributed by atoms with van der Waals surface area (Å²) in [6.45, 7) is 6.29. The number of hydrogen-bond donors (Lipinski definition) is 1. The summed E-state index contributed by atoms with van der Waals surface area (Å²) in [5.41, 5.74) is -0.266. The zero-order valence-electron chi connectivity index (χ0n) is 9.42. The molecule has 1 saturated carbocycles. The minimum Gasteiger partial charge on any atom is -0.465 e. The number of rotatable bonds is 3. The summed E-state index contributed by atoms with van der Waals surface area (Å²) in [6.07, 6.45) is 3.11. The fourth-order valence-corrected chi connectivity index (χ4v) is 2.52. The maximum absolute atomic E-state index is 12.0. The molecule has 0 spiro atoms. The summed E-state index contributed by atoms with van der Waals surface area (Å²) in [4.78, 5) is 14.3. The van der Waals surface area contributed by atoms with E-state index in [1.807, 2.05) is 6.92 Å². The molecule has 0 aromatic rings. The van der Waals surface area contributed by atoms with Crippen molar-refractivity contribution in [3.63, 3.8) is 0 Å². The van der Waals surface area contributed by atoms with Gasteiger partial charge >= 0.3 is 5.97 Å². The molecule has 0 aromatic heterocycles. The topological polar surface area (TPSA) is 41.6 Å². The van der Waals surface area contributed by atoms with Crippen molar-refractivity contribution in [2.24, 2.45) is 0 Å². The molecule has 15 heavy (non-hydrogen) atoms. The first-order valence-electron chi connectivity index (χ1n) is 5.92. The smallest absolute Gasteiger partial charge is 0.326 e. The first kappa shape index (κ1) is 10.9. The lowest BCUT2D eigenvalue weighted by molar-refractivity contribution is -0.165. The first-order chi connectivity index (χ1) is 7.29.